The molecule has 1 aromatic carbocycles. The molecule has 1 aliphatic carbocycles. The van der Waals surface area contributed by atoms with Gasteiger partial charge in [0.05, 0.1) is 36.7 Å². The fourth-order valence-corrected chi connectivity index (χ4v) is 5.17. The van der Waals surface area contributed by atoms with Crippen molar-refractivity contribution in [3.63, 3.8) is 0 Å². The van der Waals surface area contributed by atoms with Gasteiger partial charge in [0, 0.05) is 11.3 Å². The lowest BCUT2D eigenvalue weighted by molar-refractivity contribution is -0.139. The van der Waals surface area contributed by atoms with Crippen molar-refractivity contribution in [3.8, 4) is 16.9 Å². The first-order chi connectivity index (χ1) is 16.0. The predicted molar refractivity (Wildman–Crippen MR) is 127 cm³/mol. The molecule has 0 saturated heterocycles. The Morgan fingerprint density at radius 1 is 1.27 bits per heavy atom. The quantitative estimate of drug-likeness (QED) is 0.596. The van der Waals surface area contributed by atoms with E-state index < -0.39 is 0 Å². The van der Waals surface area contributed by atoms with Gasteiger partial charge in [-0.25, -0.2) is 14.3 Å². The van der Waals surface area contributed by atoms with Gasteiger partial charge in [-0.3, -0.25) is 0 Å². The molecule has 7 heteroatoms. The highest BCUT2D eigenvalue weighted by Gasteiger charge is 2.34. The van der Waals surface area contributed by atoms with E-state index in [-0.39, 0.29) is 12.0 Å². The number of methoxy groups -OCH3 is 1. The molecule has 0 bridgehead atoms. The summed E-state index contributed by atoms with van der Waals surface area (Å²) in [7, 11) is 1.68. The third kappa shape index (κ3) is 3.60. The molecule has 1 unspecified atom stereocenters. The maximum Gasteiger partial charge on any atom is 0.335 e. The lowest BCUT2D eigenvalue weighted by Gasteiger charge is -2.27. The van der Waals surface area contributed by atoms with Gasteiger partial charge in [0.25, 0.3) is 0 Å². The van der Waals surface area contributed by atoms with Crippen molar-refractivity contribution in [1.82, 2.24) is 19.9 Å². The molecule has 1 aliphatic heterocycles. The average Bonchev–Trinajstić information content (AvgIpc) is 3.41. The van der Waals surface area contributed by atoms with Gasteiger partial charge in [0.1, 0.15) is 5.75 Å². The van der Waals surface area contributed by atoms with Crippen molar-refractivity contribution in [1.29, 1.82) is 0 Å². The molecule has 2 aliphatic rings. The number of nitrogens with zero attached hydrogens (tertiary/aromatic N) is 3. The maximum absolute atomic E-state index is 12.8. The third-order valence-corrected chi connectivity index (χ3v) is 6.66. The van der Waals surface area contributed by atoms with Crippen molar-refractivity contribution < 1.29 is 14.3 Å². The zero-order valence-corrected chi connectivity index (χ0v) is 19.7. The van der Waals surface area contributed by atoms with E-state index in [4.69, 9.17) is 19.6 Å². The minimum atomic E-state index is -0.265. The molecule has 5 rings (SSSR count). The molecule has 3 heterocycles. The summed E-state index contributed by atoms with van der Waals surface area (Å²) in [5.41, 5.74) is 9.00. The van der Waals surface area contributed by atoms with E-state index in [0.29, 0.717) is 12.2 Å². The fourth-order valence-electron chi connectivity index (χ4n) is 5.17. The number of carbonyl (C=O) groups is 1. The van der Waals surface area contributed by atoms with Crippen LogP contribution < -0.4 is 10.1 Å². The van der Waals surface area contributed by atoms with Crippen LogP contribution in [0.1, 0.15) is 54.0 Å². The van der Waals surface area contributed by atoms with Crippen LogP contribution in [0.15, 0.2) is 29.8 Å². The molecule has 0 saturated carbocycles. The zero-order valence-electron chi connectivity index (χ0n) is 19.7. The van der Waals surface area contributed by atoms with Gasteiger partial charge >= 0.3 is 5.97 Å². The number of carbonyl (C=O) groups excluding carboxylic acids is 1. The van der Waals surface area contributed by atoms with E-state index in [1.807, 2.05) is 36.6 Å². The molecule has 3 aromatic rings. The molecule has 2 aromatic heterocycles. The molecule has 1 atom stereocenters. The highest BCUT2D eigenvalue weighted by atomic mass is 16.5. The molecule has 0 spiro atoms. The van der Waals surface area contributed by atoms with Crippen LogP contribution in [0.2, 0.25) is 0 Å². The second kappa shape index (κ2) is 8.63. The van der Waals surface area contributed by atoms with Gasteiger partial charge in [0.15, 0.2) is 5.65 Å². The lowest BCUT2D eigenvalue weighted by atomic mass is 9.94. The first-order valence-corrected chi connectivity index (χ1v) is 11.7. The predicted octanol–water partition coefficient (Wildman–Crippen LogP) is 4.03. The van der Waals surface area contributed by atoms with Crippen LogP contribution in [0.3, 0.4) is 0 Å². The van der Waals surface area contributed by atoms with Gasteiger partial charge in [0.2, 0.25) is 0 Å². The van der Waals surface area contributed by atoms with E-state index in [0.717, 1.165) is 77.4 Å². The standard InChI is InChI=1S/C26H30N4O3/c1-5-33-26(31)20-9-7-13-27-23(20)24-19-8-6-10-21(19)28-25-22(16(3)29-30(24)25)18-12-11-17(32-4)14-15(18)2/h9,11-12,14,23,27H,5-8,10,13H2,1-4H3. The van der Waals surface area contributed by atoms with Crippen molar-refractivity contribution in [2.24, 2.45) is 0 Å². The summed E-state index contributed by atoms with van der Waals surface area (Å²) in [6.45, 7) is 7.11. The molecule has 0 fully saturated rings. The Morgan fingerprint density at radius 3 is 2.88 bits per heavy atom. The number of ether oxygens (including phenoxy) is 2. The molecule has 1 N–H and O–H groups in total. The van der Waals surface area contributed by atoms with Crippen LogP contribution in [-0.4, -0.2) is 40.8 Å². The smallest absolute Gasteiger partial charge is 0.335 e. The van der Waals surface area contributed by atoms with E-state index in [9.17, 15) is 4.79 Å². The van der Waals surface area contributed by atoms with Crippen LogP contribution in [0.25, 0.3) is 16.8 Å². The summed E-state index contributed by atoms with van der Waals surface area (Å²) in [5.74, 6) is 0.567. The van der Waals surface area contributed by atoms with Gasteiger partial charge < -0.3 is 14.8 Å². The van der Waals surface area contributed by atoms with Crippen LogP contribution in [-0.2, 0) is 22.4 Å². The number of benzene rings is 1. The summed E-state index contributed by atoms with van der Waals surface area (Å²) in [4.78, 5) is 17.9. The number of esters is 1. The topological polar surface area (TPSA) is 77.8 Å². The van der Waals surface area contributed by atoms with E-state index >= 15 is 0 Å². The number of rotatable bonds is 5. The van der Waals surface area contributed by atoms with E-state index in [1.54, 1.807) is 7.11 Å². The van der Waals surface area contributed by atoms with Gasteiger partial charge in [-0.2, -0.15) is 5.10 Å². The highest BCUT2D eigenvalue weighted by Crippen LogP contribution is 2.38. The summed E-state index contributed by atoms with van der Waals surface area (Å²) in [6, 6.07) is 5.83. The van der Waals surface area contributed by atoms with Crippen molar-refractivity contribution in [2.45, 2.75) is 52.5 Å². The number of hydrogen-bond donors (Lipinski definition) is 1. The molecule has 172 valence electrons. The Balaban J connectivity index is 1.74. The van der Waals surface area contributed by atoms with Gasteiger partial charge in [-0.05, 0) is 81.8 Å². The first kappa shape index (κ1) is 21.6. The molecule has 0 radical (unpaired) electrons. The third-order valence-electron chi connectivity index (χ3n) is 6.66. The van der Waals surface area contributed by atoms with Crippen LogP contribution in [0, 0.1) is 13.8 Å². The largest absolute Gasteiger partial charge is 0.497 e. The van der Waals surface area contributed by atoms with E-state index in [2.05, 4.69) is 18.3 Å². The first-order valence-electron chi connectivity index (χ1n) is 11.7. The lowest BCUT2D eigenvalue weighted by Crippen LogP contribution is -2.34. The second-order valence-electron chi connectivity index (χ2n) is 8.71. The molecular weight excluding hydrogens is 416 g/mol. The summed E-state index contributed by atoms with van der Waals surface area (Å²) < 4.78 is 12.8. The number of aromatic nitrogens is 3. The average molecular weight is 447 g/mol. The Kier molecular flexibility index (Phi) is 5.66. The van der Waals surface area contributed by atoms with Gasteiger partial charge in [-0.15, -0.1) is 0 Å². The minimum Gasteiger partial charge on any atom is -0.497 e. The van der Waals surface area contributed by atoms with Crippen molar-refractivity contribution in [3.05, 3.63) is 58.1 Å². The molecule has 0 amide bonds. The monoisotopic (exact) mass is 446 g/mol. The summed E-state index contributed by atoms with van der Waals surface area (Å²) in [6.07, 6.45) is 5.75. The van der Waals surface area contributed by atoms with Crippen molar-refractivity contribution in [2.75, 3.05) is 20.3 Å². The second-order valence-corrected chi connectivity index (χ2v) is 8.71. The normalized spacial score (nSPS) is 17.7. The number of nitrogens with one attached hydrogen (secondary N) is 1. The van der Waals surface area contributed by atoms with Crippen LogP contribution in [0.5, 0.6) is 5.75 Å². The Bertz CT molecular complexity index is 1270. The van der Waals surface area contributed by atoms with E-state index in [1.165, 1.54) is 5.56 Å². The summed E-state index contributed by atoms with van der Waals surface area (Å²) in [5, 5.41) is 8.54. The van der Waals surface area contributed by atoms with Crippen molar-refractivity contribution >= 4 is 11.6 Å². The van der Waals surface area contributed by atoms with Crippen LogP contribution >= 0.6 is 0 Å². The SMILES string of the molecule is CCOC(=O)C1=CCCNC1c1c2c(nc3c(-c4ccc(OC)cc4C)c(C)nn13)CCC2. The zero-order chi connectivity index (χ0) is 23.1. The minimum absolute atomic E-state index is 0.262. The Hall–Kier alpha value is -3.19. The fraction of sp³-hybridized carbons (Fsp3) is 0.423. The van der Waals surface area contributed by atoms with Gasteiger partial charge in [-0.1, -0.05) is 12.1 Å². The molecule has 33 heavy (non-hydrogen) atoms. The summed E-state index contributed by atoms with van der Waals surface area (Å²) >= 11 is 0. The Morgan fingerprint density at radius 2 is 2.12 bits per heavy atom. The number of fused-ring (bicyclic) bond motifs is 2. The Labute approximate surface area is 193 Å². The highest BCUT2D eigenvalue weighted by molar-refractivity contribution is 5.90. The molecular formula is C26H30N4O3. The molecule has 7 nitrogen and oxygen atoms in total. The number of aryl methyl sites for hydroxylation is 3. The maximum atomic E-state index is 12.8. The number of hydrogen-bond acceptors (Lipinski definition) is 6. The van der Waals surface area contributed by atoms with Crippen LogP contribution in [0.4, 0.5) is 0 Å².